The molecule has 19 heavy (non-hydrogen) atoms. The zero-order valence-electron chi connectivity index (χ0n) is 9.70. The number of para-hydroxylation sites is 2. The van der Waals surface area contributed by atoms with Crippen LogP contribution < -0.4 is 0 Å². The van der Waals surface area contributed by atoms with Crippen molar-refractivity contribution in [2.24, 2.45) is 0 Å². The van der Waals surface area contributed by atoms with Crippen LogP contribution in [-0.4, -0.2) is 9.97 Å². The van der Waals surface area contributed by atoms with Gasteiger partial charge in [-0.1, -0.05) is 24.3 Å². The van der Waals surface area contributed by atoms with Gasteiger partial charge in [-0.15, -0.1) is 0 Å². The van der Waals surface area contributed by atoms with E-state index in [1.54, 1.807) is 0 Å². The van der Waals surface area contributed by atoms with Gasteiger partial charge in [0.2, 0.25) is 0 Å². The van der Waals surface area contributed by atoms with E-state index in [0.29, 0.717) is 11.4 Å². The summed E-state index contributed by atoms with van der Waals surface area (Å²) < 4.78 is 37.4. The Balaban J connectivity index is 2.02. The minimum atomic E-state index is -4.31. The van der Waals surface area contributed by atoms with Crippen molar-refractivity contribution >= 4 is 11.0 Å². The van der Waals surface area contributed by atoms with Crippen molar-refractivity contribution in [3.05, 3.63) is 54.1 Å². The van der Waals surface area contributed by atoms with Gasteiger partial charge in [-0.2, -0.15) is 13.2 Å². The van der Waals surface area contributed by atoms with Crippen LogP contribution >= 0.6 is 0 Å². The number of halogens is 3. The van der Waals surface area contributed by atoms with Crippen molar-refractivity contribution in [3.8, 4) is 11.4 Å². The molecule has 0 aliphatic rings. The van der Waals surface area contributed by atoms with Crippen molar-refractivity contribution in [2.45, 2.75) is 6.18 Å². The summed E-state index contributed by atoms with van der Waals surface area (Å²) in [6, 6.07) is 12.4. The Bertz CT molecular complexity index is 678. The third-order valence-electron chi connectivity index (χ3n) is 2.88. The topological polar surface area (TPSA) is 28.7 Å². The Labute approximate surface area is 106 Å². The van der Waals surface area contributed by atoms with Crippen molar-refractivity contribution < 1.29 is 13.2 Å². The number of rotatable bonds is 1. The first-order valence-electron chi connectivity index (χ1n) is 5.66. The van der Waals surface area contributed by atoms with Crippen LogP contribution in [0, 0.1) is 0 Å². The first kappa shape index (κ1) is 11.8. The largest absolute Gasteiger partial charge is 0.416 e. The van der Waals surface area contributed by atoms with Gasteiger partial charge in [0.1, 0.15) is 5.82 Å². The van der Waals surface area contributed by atoms with E-state index in [0.717, 1.165) is 23.2 Å². The summed E-state index contributed by atoms with van der Waals surface area (Å²) in [6.07, 6.45) is -4.31. The average molecular weight is 262 g/mol. The second-order valence-corrected chi connectivity index (χ2v) is 4.18. The summed E-state index contributed by atoms with van der Waals surface area (Å²) in [7, 11) is 0. The van der Waals surface area contributed by atoms with Crippen LogP contribution in [0.15, 0.2) is 48.5 Å². The van der Waals surface area contributed by atoms with E-state index in [4.69, 9.17) is 0 Å². The quantitative estimate of drug-likeness (QED) is 0.697. The predicted molar refractivity (Wildman–Crippen MR) is 66.5 cm³/mol. The summed E-state index contributed by atoms with van der Waals surface area (Å²) in [5.41, 5.74) is 1.62. The van der Waals surface area contributed by atoms with Crippen LogP contribution in [0.25, 0.3) is 22.4 Å². The van der Waals surface area contributed by atoms with Gasteiger partial charge >= 0.3 is 6.18 Å². The highest BCUT2D eigenvalue weighted by Gasteiger charge is 2.30. The number of hydrogen-bond donors (Lipinski definition) is 1. The third kappa shape index (κ3) is 2.19. The molecule has 2 nitrogen and oxygen atoms in total. The molecule has 0 unspecified atom stereocenters. The number of nitrogens with zero attached hydrogens (tertiary/aromatic N) is 1. The molecule has 0 aliphatic heterocycles. The Morgan fingerprint density at radius 1 is 0.895 bits per heavy atom. The van der Waals surface area contributed by atoms with Crippen molar-refractivity contribution in [2.75, 3.05) is 0 Å². The number of imidazole rings is 1. The van der Waals surface area contributed by atoms with Gasteiger partial charge in [0.15, 0.2) is 0 Å². The molecule has 96 valence electrons. The highest BCUT2D eigenvalue weighted by molar-refractivity contribution is 5.79. The fraction of sp³-hybridized carbons (Fsp3) is 0.0714. The Kier molecular flexibility index (Phi) is 2.55. The lowest BCUT2D eigenvalue weighted by Crippen LogP contribution is -2.04. The Morgan fingerprint density at radius 2 is 1.58 bits per heavy atom. The highest BCUT2D eigenvalue weighted by atomic mass is 19.4. The molecule has 0 atom stereocenters. The van der Waals surface area contributed by atoms with Crippen LogP contribution in [0.2, 0.25) is 0 Å². The lowest BCUT2D eigenvalue weighted by Gasteiger charge is -2.06. The van der Waals surface area contributed by atoms with Gasteiger partial charge < -0.3 is 4.98 Å². The predicted octanol–water partition coefficient (Wildman–Crippen LogP) is 4.25. The van der Waals surface area contributed by atoms with Gasteiger partial charge in [0, 0.05) is 5.56 Å². The third-order valence-corrected chi connectivity index (χ3v) is 2.88. The van der Waals surface area contributed by atoms with E-state index in [2.05, 4.69) is 9.97 Å². The second kappa shape index (κ2) is 4.12. The van der Waals surface area contributed by atoms with E-state index >= 15 is 0 Å². The number of fused-ring (bicyclic) bond motifs is 1. The standard InChI is InChI=1S/C14H9F3N2/c15-14(16,17)10-7-5-9(6-8-10)13-18-11-3-1-2-4-12(11)19-13/h1-8H,(H,18,19). The van der Waals surface area contributed by atoms with Crippen molar-refractivity contribution in [1.29, 1.82) is 0 Å². The SMILES string of the molecule is FC(F)(F)c1ccc(-c2nc3ccccc3[nH]2)cc1. The fourth-order valence-corrected chi connectivity index (χ4v) is 1.91. The normalized spacial score (nSPS) is 11.9. The first-order chi connectivity index (χ1) is 9.04. The summed E-state index contributed by atoms with van der Waals surface area (Å²) in [5, 5.41) is 0. The molecule has 0 fully saturated rings. The molecule has 0 saturated heterocycles. The van der Waals surface area contributed by atoms with Gasteiger partial charge in [0.05, 0.1) is 16.6 Å². The number of benzene rings is 2. The number of alkyl halides is 3. The Morgan fingerprint density at radius 3 is 2.21 bits per heavy atom. The van der Waals surface area contributed by atoms with Crippen LogP contribution in [0.3, 0.4) is 0 Å². The Hall–Kier alpha value is -2.30. The molecule has 1 heterocycles. The highest BCUT2D eigenvalue weighted by Crippen LogP contribution is 2.30. The van der Waals surface area contributed by atoms with Gasteiger partial charge in [0.25, 0.3) is 0 Å². The van der Waals surface area contributed by atoms with Crippen LogP contribution in [-0.2, 0) is 6.18 Å². The molecule has 1 aromatic heterocycles. The molecule has 0 bridgehead atoms. The molecule has 1 N–H and O–H groups in total. The smallest absolute Gasteiger partial charge is 0.338 e. The average Bonchev–Trinajstić information content (AvgIpc) is 2.81. The van der Waals surface area contributed by atoms with Crippen LogP contribution in [0.1, 0.15) is 5.56 Å². The molecule has 0 spiro atoms. The number of aromatic amines is 1. The van der Waals surface area contributed by atoms with Gasteiger partial charge in [-0.3, -0.25) is 0 Å². The van der Waals surface area contributed by atoms with E-state index in [9.17, 15) is 13.2 Å². The summed E-state index contributed by atoms with van der Waals surface area (Å²) >= 11 is 0. The summed E-state index contributed by atoms with van der Waals surface area (Å²) in [5.74, 6) is 0.565. The van der Waals surface area contributed by atoms with E-state index < -0.39 is 11.7 Å². The zero-order chi connectivity index (χ0) is 13.5. The molecule has 0 radical (unpaired) electrons. The summed E-state index contributed by atoms with van der Waals surface area (Å²) in [4.78, 5) is 7.42. The second-order valence-electron chi connectivity index (χ2n) is 4.18. The molecule has 5 heteroatoms. The van der Waals surface area contributed by atoms with E-state index in [1.165, 1.54) is 12.1 Å². The van der Waals surface area contributed by atoms with Crippen LogP contribution in [0.4, 0.5) is 13.2 Å². The van der Waals surface area contributed by atoms with Crippen LogP contribution in [0.5, 0.6) is 0 Å². The molecule has 0 saturated carbocycles. The molecule has 3 aromatic rings. The lowest BCUT2D eigenvalue weighted by molar-refractivity contribution is -0.137. The monoisotopic (exact) mass is 262 g/mol. The summed E-state index contributed by atoms with van der Waals surface area (Å²) in [6.45, 7) is 0. The molecular formula is C14H9F3N2. The van der Waals surface area contributed by atoms with Crippen molar-refractivity contribution in [1.82, 2.24) is 9.97 Å². The fourth-order valence-electron chi connectivity index (χ4n) is 1.91. The van der Waals surface area contributed by atoms with Gasteiger partial charge in [-0.05, 0) is 24.3 Å². The zero-order valence-corrected chi connectivity index (χ0v) is 9.70. The maximum atomic E-state index is 12.5. The number of nitrogens with one attached hydrogen (secondary N) is 1. The van der Waals surface area contributed by atoms with E-state index in [-0.39, 0.29) is 0 Å². The van der Waals surface area contributed by atoms with Crippen molar-refractivity contribution in [3.63, 3.8) is 0 Å². The molecular weight excluding hydrogens is 253 g/mol. The molecule has 0 aliphatic carbocycles. The maximum Gasteiger partial charge on any atom is 0.416 e. The lowest BCUT2D eigenvalue weighted by atomic mass is 10.1. The number of aromatic nitrogens is 2. The minimum Gasteiger partial charge on any atom is -0.338 e. The molecule has 2 aromatic carbocycles. The number of hydrogen-bond acceptors (Lipinski definition) is 1. The maximum absolute atomic E-state index is 12.5. The van der Waals surface area contributed by atoms with E-state index in [1.807, 2.05) is 24.3 Å². The molecule has 3 rings (SSSR count). The number of H-pyrrole nitrogens is 1. The molecule has 0 amide bonds. The first-order valence-corrected chi connectivity index (χ1v) is 5.66. The minimum absolute atomic E-state index is 0.565. The van der Waals surface area contributed by atoms with Gasteiger partial charge in [-0.25, -0.2) is 4.98 Å².